The molecule has 0 fully saturated rings. The lowest BCUT2D eigenvalue weighted by molar-refractivity contribution is -0.144. The maximum atomic E-state index is 13.1. The van der Waals surface area contributed by atoms with E-state index in [4.69, 9.17) is 5.73 Å². The lowest BCUT2D eigenvalue weighted by atomic mass is 10.2. The van der Waals surface area contributed by atoms with Crippen molar-refractivity contribution in [2.24, 2.45) is 5.73 Å². The lowest BCUT2D eigenvalue weighted by Gasteiger charge is -2.20. The van der Waals surface area contributed by atoms with Crippen LogP contribution in [-0.2, 0) is 17.5 Å². The van der Waals surface area contributed by atoms with Gasteiger partial charge in [-0.3, -0.25) is 19.0 Å². The quantitative estimate of drug-likeness (QED) is 0.907. The number of aromatic nitrogens is 1. The van der Waals surface area contributed by atoms with E-state index in [2.05, 4.69) is 0 Å². The molecule has 0 atom stereocenters. The number of primary amides is 1. The molecule has 0 aliphatic rings. The van der Waals surface area contributed by atoms with Crippen LogP contribution in [0.25, 0.3) is 0 Å². The first-order valence-electron chi connectivity index (χ1n) is 7.05. The van der Waals surface area contributed by atoms with E-state index in [1.54, 1.807) is 30.3 Å². The first-order valence-corrected chi connectivity index (χ1v) is 7.05. The van der Waals surface area contributed by atoms with Crippen molar-refractivity contribution in [3.8, 4) is 0 Å². The highest BCUT2D eigenvalue weighted by molar-refractivity contribution is 5.94. The number of amides is 2. The van der Waals surface area contributed by atoms with E-state index in [9.17, 15) is 27.6 Å². The fourth-order valence-corrected chi connectivity index (χ4v) is 2.21. The normalized spacial score (nSPS) is 11.2. The minimum Gasteiger partial charge on any atom is -0.365 e. The molecule has 2 amide bonds. The van der Waals surface area contributed by atoms with E-state index < -0.39 is 41.4 Å². The van der Waals surface area contributed by atoms with Crippen molar-refractivity contribution in [2.75, 3.05) is 11.9 Å². The van der Waals surface area contributed by atoms with Crippen molar-refractivity contribution in [3.05, 3.63) is 64.1 Å². The highest BCUT2D eigenvalue weighted by Gasteiger charge is 2.36. The van der Waals surface area contributed by atoms with E-state index in [0.717, 1.165) is 4.90 Å². The van der Waals surface area contributed by atoms with E-state index in [-0.39, 0.29) is 4.57 Å². The molecule has 2 N–H and O–H groups in total. The smallest absolute Gasteiger partial charge is 0.365 e. The predicted octanol–water partition coefficient (Wildman–Crippen LogP) is 1.63. The van der Waals surface area contributed by atoms with Gasteiger partial charge in [0.05, 0.1) is 0 Å². The number of likely N-dealkylation sites (N-methyl/N-ethyl adjacent to an activating group) is 1. The van der Waals surface area contributed by atoms with Crippen molar-refractivity contribution in [2.45, 2.75) is 12.7 Å². The van der Waals surface area contributed by atoms with Crippen molar-refractivity contribution < 1.29 is 22.8 Å². The molecule has 0 unspecified atom stereocenters. The van der Waals surface area contributed by atoms with Gasteiger partial charge in [0, 0.05) is 12.7 Å². The molecular formula is C16H14F3N3O3. The molecule has 0 saturated heterocycles. The Morgan fingerprint density at radius 1 is 1.12 bits per heavy atom. The monoisotopic (exact) mass is 353 g/mol. The Balaban J connectivity index is 2.47. The zero-order valence-corrected chi connectivity index (χ0v) is 13.1. The molecule has 25 heavy (non-hydrogen) atoms. The minimum absolute atomic E-state index is 0.210. The molecule has 0 aliphatic heterocycles. The van der Waals surface area contributed by atoms with Crippen LogP contribution in [0.15, 0.2) is 47.3 Å². The maximum absolute atomic E-state index is 13.1. The molecule has 1 aromatic carbocycles. The Morgan fingerprint density at radius 2 is 1.72 bits per heavy atom. The number of hydrogen-bond acceptors (Lipinski definition) is 3. The number of carbonyl (C=O) groups is 2. The van der Waals surface area contributed by atoms with Crippen LogP contribution in [0.1, 0.15) is 16.1 Å². The van der Waals surface area contributed by atoms with Gasteiger partial charge in [-0.2, -0.15) is 13.2 Å². The zero-order valence-electron chi connectivity index (χ0n) is 13.1. The molecule has 0 spiro atoms. The molecule has 2 rings (SSSR count). The van der Waals surface area contributed by atoms with Crippen LogP contribution >= 0.6 is 0 Å². The summed E-state index contributed by atoms with van der Waals surface area (Å²) in [6.45, 7) is -0.889. The van der Waals surface area contributed by atoms with Crippen molar-refractivity contribution >= 4 is 17.5 Å². The first-order chi connectivity index (χ1) is 11.6. The molecular weight excluding hydrogens is 339 g/mol. The summed E-state index contributed by atoms with van der Waals surface area (Å²) in [7, 11) is 1.37. The van der Waals surface area contributed by atoms with Gasteiger partial charge >= 0.3 is 6.18 Å². The summed E-state index contributed by atoms with van der Waals surface area (Å²) in [5, 5.41) is 0. The molecule has 0 radical (unpaired) electrons. The second kappa shape index (κ2) is 6.80. The van der Waals surface area contributed by atoms with Gasteiger partial charge in [-0.15, -0.1) is 0 Å². The number of halogens is 3. The number of benzene rings is 1. The maximum Gasteiger partial charge on any atom is 0.431 e. The van der Waals surface area contributed by atoms with Crippen LogP contribution in [0.2, 0.25) is 0 Å². The topological polar surface area (TPSA) is 85.4 Å². The third-order valence-electron chi connectivity index (χ3n) is 3.54. The molecule has 0 bridgehead atoms. The Bertz CT molecular complexity index is 860. The van der Waals surface area contributed by atoms with Crippen LogP contribution in [0.3, 0.4) is 0 Å². The summed E-state index contributed by atoms with van der Waals surface area (Å²) in [5.41, 5.74) is 2.22. The second-order valence-electron chi connectivity index (χ2n) is 5.17. The summed E-state index contributed by atoms with van der Waals surface area (Å²) >= 11 is 0. The van der Waals surface area contributed by atoms with Crippen LogP contribution < -0.4 is 16.2 Å². The average Bonchev–Trinajstić information content (AvgIpc) is 2.55. The van der Waals surface area contributed by atoms with Gasteiger partial charge in [-0.1, -0.05) is 18.2 Å². The molecule has 9 heteroatoms. The summed E-state index contributed by atoms with van der Waals surface area (Å²) < 4.78 is 39.6. The Labute approximate surface area is 140 Å². The minimum atomic E-state index is -4.87. The second-order valence-corrected chi connectivity index (χ2v) is 5.17. The van der Waals surface area contributed by atoms with E-state index in [0.29, 0.717) is 17.8 Å². The number of pyridine rings is 1. The molecule has 0 aliphatic carbocycles. The number of carbonyl (C=O) groups excluding carboxylic acids is 2. The summed E-state index contributed by atoms with van der Waals surface area (Å²) in [4.78, 5) is 36.8. The van der Waals surface area contributed by atoms with Crippen LogP contribution in [0.5, 0.6) is 0 Å². The number of para-hydroxylation sites is 1. The third-order valence-corrected chi connectivity index (χ3v) is 3.54. The predicted molar refractivity (Wildman–Crippen MR) is 84.1 cm³/mol. The van der Waals surface area contributed by atoms with Gasteiger partial charge < -0.3 is 10.6 Å². The number of nitrogens with zero attached hydrogens (tertiary/aromatic N) is 2. The third kappa shape index (κ3) is 3.87. The van der Waals surface area contributed by atoms with Gasteiger partial charge in [0.2, 0.25) is 5.91 Å². The van der Waals surface area contributed by atoms with E-state index >= 15 is 0 Å². The molecule has 0 saturated carbocycles. The number of hydrogen-bond donors (Lipinski definition) is 1. The number of nitrogens with two attached hydrogens (primary N) is 1. The highest BCUT2D eigenvalue weighted by Crippen LogP contribution is 2.28. The fourth-order valence-electron chi connectivity index (χ4n) is 2.21. The Hall–Kier alpha value is -3.10. The number of rotatable bonds is 4. The van der Waals surface area contributed by atoms with Crippen molar-refractivity contribution in [1.82, 2.24) is 4.57 Å². The zero-order chi connectivity index (χ0) is 18.8. The summed E-state index contributed by atoms with van der Waals surface area (Å²) in [5.74, 6) is -1.93. The molecule has 6 nitrogen and oxygen atoms in total. The Kier molecular flexibility index (Phi) is 4.96. The summed E-state index contributed by atoms with van der Waals surface area (Å²) in [6.07, 6.45) is -4.87. The van der Waals surface area contributed by atoms with Crippen LogP contribution in [0.4, 0.5) is 18.9 Å². The largest absolute Gasteiger partial charge is 0.431 e. The fraction of sp³-hybridized carbons (Fsp3) is 0.188. The van der Waals surface area contributed by atoms with Crippen LogP contribution in [-0.4, -0.2) is 23.4 Å². The SMILES string of the molecule is CN(C(=O)Cn1c(C(F)(F)F)ccc(C(N)=O)c1=O)c1ccccc1. The van der Waals surface area contributed by atoms with Gasteiger partial charge in [0.1, 0.15) is 17.8 Å². The van der Waals surface area contributed by atoms with Crippen molar-refractivity contribution in [1.29, 1.82) is 0 Å². The van der Waals surface area contributed by atoms with E-state index in [1.807, 2.05) is 0 Å². The standard InChI is InChI=1S/C16H14F3N3O3/c1-21(10-5-3-2-4-6-10)13(23)9-22-12(16(17,18)19)8-7-11(14(20)24)15(22)25/h2-8H,9H2,1H3,(H2,20,24). The van der Waals surface area contributed by atoms with Gasteiger partial charge in [0.15, 0.2) is 0 Å². The van der Waals surface area contributed by atoms with Crippen LogP contribution in [0, 0.1) is 0 Å². The van der Waals surface area contributed by atoms with Gasteiger partial charge in [-0.25, -0.2) is 0 Å². The molecule has 1 aromatic heterocycles. The lowest BCUT2D eigenvalue weighted by Crippen LogP contribution is -2.39. The van der Waals surface area contributed by atoms with Gasteiger partial charge in [0.25, 0.3) is 11.5 Å². The number of anilines is 1. The van der Waals surface area contributed by atoms with Crippen molar-refractivity contribution in [3.63, 3.8) is 0 Å². The molecule has 1 heterocycles. The molecule has 132 valence electrons. The molecule has 2 aromatic rings. The first kappa shape index (κ1) is 18.2. The number of alkyl halides is 3. The van der Waals surface area contributed by atoms with Gasteiger partial charge in [-0.05, 0) is 24.3 Å². The average molecular weight is 353 g/mol. The highest BCUT2D eigenvalue weighted by atomic mass is 19.4. The van der Waals surface area contributed by atoms with E-state index in [1.165, 1.54) is 7.05 Å². The summed E-state index contributed by atoms with van der Waals surface area (Å²) in [6, 6.07) is 9.45. The Morgan fingerprint density at radius 3 is 2.24 bits per heavy atom.